The van der Waals surface area contributed by atoms with Crippen molar-refractivity contribution in [3.05, 3.63) is 34.4 Å². The second kappa shape index (κ2) is 8.57. The minimum Gasteiger partial charge on any atom is -0.486 e. The first-order valence-electron chi connectivity index (χ1n) is 10.4. The zero-order valence-corrected chi connectivity index (χ0v) is 17.6. The van der Waals surface area contributed by atoms with Crippen molar-refractivity contribution in [1.82, 2.24) is 20.1 Å². The molecular weight excluding hydrogens is 388 g/mol. The number of benzene rings is 1. The van der Waals surface area contributed by atoms with Gasteiger partial charge in [-0.15, -0.1) is 0 Å². The maximum Gasteiger partial charge on any atom is 0.240 e. The maximum atomic E-state index is 12.7. The van der Waals surface area contributed by atoms with Gasteiger partial charge >= 0.3 is 0 Å². The number of hydrogen-bond donors (Lipinski definition) is 2. The first kappa shape index (κ1) is 19.9. The van der Waals surface area contributed by atoms with Gasteiger partial charge in [0.05, 0.1) is 0 Å². The molecule has 0 atom stereocenters. The minimum absolute atomic E-state index is 0.0383. The van der Waals surface area contributed by atoms with E-state index in [0.29, 0.717) is 24.5 Å². The van der Waals surface area contributed by atoms with E-state index in [2.05, 4.69) is 34.6 Å². The van der Waals surface area contributed by atoms with Gasteiger partial charge in [-0.3, -0.25) is 14.5 Å². The molecule has 0 bridgehead atoms. The summed E-state index contributed by atoms with van der Waals surface area (Å²) >= 11 is 5.29. The molecule has 1 aromatic heterocycles. The summed E-state index contributed by atoms with van der Waals surface area (Å²) in [5.74, 6) is 2.40. The van der Waals surface area contributed by atoms with Crippen molar-refractivity contribution >= 4 is 18.1 Å². The first-order valence-corrected chi connectivity index (χ1v) is 10.8. The van der Waals surface area contributed by atoms with Crippen molar-refractivity contribution in [2.45, 2.75) is 57.4 Å². The zero-order chi connectivity index (χ0) is 20.3. The van der Waals surface area contributed by atoms with Gasteiger partial charge in [-0.2, -0.15) is 5.10 Å². The highest BCUT2D eigenvalue weighted by Crippen LogP contribution is 2.43. The van der Waals surface area contributed by atoms with E-state index in [1.165, 1.54) is 5.56 Å². The van der Waals surface area contributed by atoms with Crippen LogP contribution in [-0.2, 0) is 23.2 Å². The van der Waals surface area contributed by atoms with Crippen molar-refractivity contribution < 1.29 is 14.3 Å². The van der Waals surface area contributed by atoms with E-state index in [1.54, 1.807) is 4.57 Å². The number of aromatic nitrogens is 3. The zero-order valence-electron chi connectivity index (χ0n) is 16.8. The number of carbonyl (C=O) groups excluding carboxylic acids is 1. The molecule has 0 radical (unpaired) electrons. The Labute approximate surface area is 175 Å². The summed E-state index contributed by atoms with van der Waals surface area (Å²) in [5, 5.41) is 10.2. The lowest BCUT2D eigenvalue weighted by atomic mass is 9.78. The third-order valence-electron chi connectivity index (χ3n) is 5.95. The summed E-state index contributed by atoms with van der Waals surface area (Å²) in [6.45, 7) is 4.05. The number of fused-ring (bicyclic) bond motifs is 1. The molecule has 2 heterocycles. The third-order valence-corrected chi connectivity index (χ3v) is 6.26. The van der Waals surface area contributed by atoms with E-state index in [4.69, 9.17) is 21.7 Å². The van der Waals surface area contributed by atoms with Gasteiger partial charge in [0.15, 0.2) is 16.3 Å². The molecule has 1 amide bonds. The molecule has 8 heteroatoms. The Balaban J connectivity index is 1.47. The molecule has 2 aliphatic rings. The second-order valence-electron chi connectivity index (χ2n) is 7.90. The summed E-state index contributed by atoms with van der Waals surface area (Å²) in [6, 6.07) is 6.21. The second-order valence-corrected chi connectivity index (χ2v) is 8.29. The van der Waals surface area contributed by atoms with E-state index in [0.717, 1.165) is 55.8 Å². The smallest absolute Gasteiger partial charge is 0.240 e. The highest BCUT2D eigenvalue weighted by atomic mass is 32.1. The van der Waals surface area contributed by atoms with Gasteiger partial charge in [-0.25, -0.2) is 0 Å². The van der Waals surface area contributed by atoms with Gasteiger partial charge in [-0.05, 0) is 49.2 Å². The molecule has 0 unspecified atom stereocenters. The molecule has 1 saturated carbocycles. The monoisotopic (exact) mass is 416 g/mol. The van der Waals surface area contributed by atoms with Crippen molar-refractivity contribution in [3.63, 3.8) is 0 Å². The Kier molecular flexibility index (Phi) is 5.89. The fourth-order valence-corrected chi connectivity index (χ4v) is 4.60. The summed E-state index contributed by atoms with van der Waals surface area (Å²) in [4.78, 5) is 12.7. The Hall–Kier alpha value is -2.35. The molecule has 29 heavy (non-hydrogen) atoms. The molecule has 7 nitrogen and oxygen atoms in total. The normalized spacial score (nSPS) is 17.3. The van der Waals surface area contributed by atoms with Crippen LogP contribution in [0.2, 0.25) is 0 Å². The molecule has 1 aliphatic carbocycles. The highest BCUT2D eigenvalue weighted by molar-refractivity contribution is 7.71. The quantitative estimate of drug-likeness (QED) is 0.677. The lowest BCUT2D eigenvalue weighted by Gasteiger charge is -2.31. The minimum atomic E-state index is -0.0599. The Morgan fingerprint density at radius 3 is 2.79 bits per heavy atom. The van der Waals surface area contributed by atoms with E-state index in [-0.39, 0.29) is 17.9 Å². The fraction of sp³-hybridized carbons (Fsp3) is 0.571. The molecule has 4 rings (SSSR count). The molecule has 1 fully saturated rings. The summed E-state index contributed by atoms with van der Waals surface area (Å²) in [5.41, 5.74) is 1.15. The van der Waals surface area contributed by atoms with Gasteiger partial charge in [0, 0.05) is 18.4 Å². The highest BCUT2D eigenvalue weighted by Gasteiger charge is 2.36. The lowest BCUT2D eigenvalue weighted by Crippen LogP contribution is -2.40. The number of nitrogens with zero attached hydrogens (tertiary/aromatic N) is 2. The van der Waals surface area contributed by atoms with Gasteiger partial charge in [0.25, 0.3) is 0 Å². The van der Waals surface area contributed by atoms with Crippen molar-refractivity contribution in [1.29, 1.82) is 0 Å². The molecule has 2 aromatic rings. The number of rotatable bonds is 7. The van der Waals surface area contributed by atoms with Crippen LogP contribution in [0.25, 0.3) is 0 Å². The predicted octanol–water partition coefficient (Wildman–Crippen LogP) is 3.29. The molecule has 1 aliphatic heterocycles. The van der Waals surface area contributed by atoms with Crippen LogP contribution in [0, 0.1) is 4.77 Å². The van der Waals surface area contributed by atoms with Gasteiger partial charge in [0.2, 0.25) is 5.91 Å². The van der Waals surface area contributed by atoms with Crippen LogP contribution in [-0.4, -0.2) is 40.4 Å². The lowest BCUT2D eigenvalue weighted by molar-refractivity contribution is -0.122. The molecule has 156 valence electrons. The average molecular weight is 417 g/mol. The van der Waals surface area contributed by atoms with Crippen LogP contribution in [0.15, 0.2) is 18.2 Å². The fourth-order valence-electron chi connectivity index (χ4n) is 4.39. The van der Waals surface area contributed by atoms with Crippen LogP contribution >= 0.6 is 12.2 Å². The van der Waals surface area contributed by atoms with Crippen molar-refractivity contribution in [2.24, 2.45) is 0 Å². The number of hydrogen-bond acceptors (Lipinski definition) is 5. The summed E-state index contributed by atoms with van der Waals surface area (Å²) in [6.07, 6.45) is 6.18. The van der Waals surface area contributed by atoms with Crippen LogP contribution in [0.5, 0.6) is 11.5 Å². The number of H-pyrrole nitrogens is 1. The van der Waals surface area contributed by atoms with Gasteiger partial charge in [-0.1, -0.05) is 25.8 Å². The number of aryl methyl sites for hydroxylation is 1. The van der Waals surface area contributed by atoms with E-state index in [1.807, 2.05) is 6.07 Å². The maximum absolute atomic E-state index is 12.7. The molecular formula is C21H28N4O3S. The van der Waals surface area contributed by atoms with Crippen molar-refractivity contribution in [2.75, 3.05) is 19.8 Å². The standard InChI is InChI=1S/C21H28N4O3S/c1-2-5-18-23-24-20(29)25(18)13-19(26)22-14-21(8-3-4-9-21)15-6-7-16-17(12-15)28-11-10-27-16/h6-7,12H,2-5,8-11,13-14H2,1H3,(H,22,26)(H,24,29). The molecule has 1 aromatic carbocycles. The molecule has 0 saturated heterocycles. The summed E-state index contributed by atoms with van der Waals surface area (Å²) < 4.78 is 13.7. The number of amides is 1. The van der Waals surface area contributed by atoms with Crippen LogP contribution < -0.4 is 14.8 Å². The SMILES string of the molecule is CCCc1n[nH]c(=S)n1CC(=O)NCC1(c2ccc3c(c2)OCCO3)CCCC1. The molecule has 0 spiro atoms. The number of aromatic amines is 1. The number of carbonyl (C=O) groups is 1. The van der Waals surface area contributed by atoms with Crippen molar-refractivity contribution in [3.8, 4) is 11.5 Å². The number of nitrogens with one attached hydrogen (secondary N) is 2. The Morgan fingerprint density at radius 2 is 2.03 bits per heavy atom. The van der Waals surface area contributed by atoms with E-state index >= 15 is 0 Å². The van der Waals surface area contributed by atoms with Crippen LogP contribution in [0.1, 0.15) is 50.4 Å². The third kappa shape index (κ3) is 4.17. The predicted molar refractivity (Wildman–Crippen MR) is 112 cm³/mol. The Bertz CT molecular complexity index is 930. The van der Waals surface area contributed by atoms with E-state index < -0.39 is 0 Å². The van der Waals surface area contributed by atoms with Crippen LogP contribution in [0.3, 0.4) is 0 Å². The largest absolute Gasteiger partial charge is 0.486 e. The Morgan fingerprint density at radius 1 is 1.28 bits per heavy atom. The van der Waals surface area contributed by atoms with Gasteiger partial charge in [0.1, 0.15) is 25.6 Å². The van der Waals surface area contributed by atoms with E-state index in [9.17, 15) is 4.79 Å². The average Bonchev–Trinajstić information content (AvgIpc) is 3.35. The topological polar surface area (TPSA) is 81.2 Å². The van der Waals surface area contributed by atoms with Gasteiger partial charge < -0.3 is 14.8 Å². The first-order chi connectivity index (χ1) is 14.1. The van der Waals surface area contributed by atoms with Crippen LogP contribution in [0.4, 0.5) is 0 Å². The molecule has 2 N–H and O–H groups in total. The number of ether oxygens (including phenoxy) is 2. The summed E-state index contributed by atoms with van der Waals surface area (Å²) in [7, 11) is 0.